The zero-order chi connectivity index (χ0) is 14.0. The quantitative estimate of drug-likeness (QED) is 0.879. The first-order chi connectivity index (χ1) is 8.97. The van der Waals surface area contributed by atoms with Gasteiger partial charge in [-0.3, -0.25) is 0 Å². The van der Waals surface area contributed by atoms with E-state index in [1.54, 1.807) is 12.1 Å². The summed E-state index contributed by atoms with van der Waals surface area (Å²) in [5, 5.41) is 5.44. The van der Waals surface area contributed by atoms with Gasteiger partial charge in [0.05, 0.1) is 5.69 Å². The third kappa shape index (κ3) is 3.59. The van der Waals surface area contributed by atoms with Gasteiger partial charge < -0.3 is 15.5 Å². The Bertz CT molecular complexity index is 472. The molecule has 104 valence electrons. The van der Waals surface area contributed by atoms with Crippen molar-refractivity contribution in [3.05, 3.63) is 24.0 Å². The molecule has 19 heavy (non-hydrogen) atoms. The highest BCUT2D eigenvalue weighted by Crippen LogP contribution is 2.24. The summed E-state index contributed by atoms with van der Waals surface area (Å²) in [5.41, 5.74) is 1.000. The molecule has 1 aromatic carbocycles. The number of hydrogen-bond acceptors (Lipinski definition) is 2. The highest BCUT2D eigenvalue weighted by Gasteiger charge is 2.23. The number of urea groups is 1. The SMILES string of the molecule is CC(C)N(C)c1ccc(NC(=O)NC2CC2)cc1F. The molecule has 1 fully saturated rings. The van der Waals surface area contributed by atoms with Crippen LogP contribution < -0.4 is 15.5 Å². The van der Waals surface area contributed by atoms with Gasteiger partial charge in [0.25, 0.3) is 0 Å². The molecule has 1 aromatic rings. The Morgan fingerprint density at radius 2 is 2.11 bits per heavy atom. The maximum absolute atomic E-state index is 14.0. The normalized spacial score (nSPS) is 14.4. The van der Waals surface area contributed by atoms with Crippen molar-refractivity contribution in [1.82, 2.24) is 5.32 Å². The van der Waals surface area contributed by atoms with Gasteiger partial charge in [-0.25, -0.2) is 9.18 Å². The molecular formula is C14H20FN3O. The first-order valence-electron chi connectivity index (χ1n) is 6.57. The van der Waals surface area contributed by atoms with E-state index in [1.807, 2.05) is 25.8 Å². The highest BCUT2D eigenvalue weighted by atomic mass is 19.1. The van der Waals surface area contributed by atoms with E-state index in [2.05, 4.69) is 10.6 Å². The highest BCUT2D eigenvalue weighted by molar-refractivity contribution is 5.89. The minimum atomic E-state index is -0.333. The minimum absolute atomic E-state index is 0.214. The monoisotopic (exact) mass is 265 g/mol. The summed E-state index contributed by atoms with van der Waals surface area (Å²) in [6.45, 7) is 3.99. The van der Waals surface area contributed by atoms with Crippen LogP contribution in [0.1, 0.15) is 26.7 Å². The molecule has 2 amide bonds. The van der Waals surface area contributed by atoms with E-state index in [4.69, 9.17) is 0 Å². The van der Waals surface area contributed by atoms with E-state index in [1.165, 1.54) is 6.07 Å². The molecule has 0 unspecified atom stereocenters. The van der Waals surface area contributed by atoms with Crippen molar-refractivity contribution in [2.75, 3.05) is 17.3 Å². The Labute approximate surface area is 113 Å². The van der Waals surface area contributed by atoms with Crippen molar-refractivity contribution in [3.8, 4) is 0 Å². The molecule has 1 aliphatic rings. The smallest absolute Gasteiger partial charge is 0.319 e. The Hall–Kier alpha value is -1.78. The summed E-state index contributed by atoms with van der Waals surface area (Å²) < 4.78 is 14.0. The van der Waals surface area contributed by atoms with E-state index in [-0.39, 0.29) is 23.9 Å². The molecule has 2 rings (SSSR count). The van der Waals surface area contributed by atoms with Crippen LogP contribution in [0.4, 0.5) is 20.6 Å². The molecule has 5 heteroatoms. The van der Waals surface area contributed by atoms with Crippen LogP contribution in [0.5, 0.6) is 0 Å². The van der Waals surface area contributed by atoms with Crippen LogP contribution in [0.2, 0.25) is 0 Å². The molecule has 1 aliphatic carbocycles. The number of carbonyl (C=O) groups excluding carboxylic acids is 1. The van der Waals surface area contributed by atoms with Gasteiger partial charge in [-0.05, 0) is 44.9 Å². The Kier molecular flexibility index (Phi) is 3.93. The maximum atomic E-state index is 14.0. The summed E-state index contributed by atoms with van der Waals surface area (Å²) in [6, 6.07) is 4.97. The summed E-state index contributed by atoms with van der Waals surface area (Å²) >= 11 is 0. The van der Waals surface area contributed by atoms with Crippen LogP contribution in [0.15, 0.2) is 18.2 Å². The van der Waals surface area contributed by atoms with Crippen molar-refractivity contribution in [3.63, 3.8) is 0 Å². The van der Waals surface area contributed by atoms with Gasteiger partial charge in [0.1, 0.15) is 5.82 Å². The first kappa shape index (κ1) is 13.6. The predicted molar refractivity (Wildman–Crippen MR) is 75.1 cm³/mol. The number of anilines is 2. The number of rotatable bonds is 4. The number of carbonyl (C=O) groups is 1. The number of hydrogen-bond donors (Lipinski definition) is 2. The van der Waals surface area contributed by atoms with Gasteiger partial charge in [-0.2, -0.15) is 0 Å². The molecule has 0 atom stereocenters. The molecule has 0 spiro atoms. The average Bonchev–Trinajstić information content (AvgIpc) is 3.12. The molecule has 0 bridgehead atoms. The lowest BCUT2D eigenvalue weighted by Crippen LogP contribution is -2.30. The Balaban J connectivity index is 2.03. The fourth-order valence-corrected chi connectivity index (χ4v) is 1.73. The van der Waals surface area contributed by atoms with Gasteiger partial charge in [0, 0.05) is 24.8 Å². The number of nitrogens with one attached hydrogen (secondary N) is 2. The lowest BCUT2D eigenvalue weighted by Gasteiger charge is -2.24. The lowest BCUT2D eigenvalue weighted by molar-refractivity contribution is 0.251. The Morgan fingerprint density at radius 3 is 2.63 bits per heavy atom. The van der Waals surface area contributed by atoms with Crippen LogP contribution >= 0.6 is 0 Å². The fourth-order valence-electron chi connectivity index (χ4n) is 1.73. The maximum Gasteiger partial charge on any atom is 0.319 e. The van der Waals surface area contributed by atoms with Crippen molar-refractivity contribution in [2.45, 2.75) is 38.8 Å². The van der Waals surface area contributed by atoms with E-state index in [9.17, 15) is 9.18 Å². The third-order valence-electron chi connectivity index (χ3n) is 3.27. The molecule has 2 N–H and O–H groups in total. The van der Waals surface area contributed by atoms with Crippen molar-refractivity contribution in [1.29, 1.82) is 0 Å². The van der Waals surface area contributed by atoms with Crippen LogP contribution in [0.3, 0.4) is 0 Å². The topological polar surface area (TPSA) is 44.4 Å². The first-order valence-corrected chi connectivity index (χ1v) is 6.57. The second-order valence-electron chi connectivity index (χ2n) is 5.24. The fraction of sp³-hybridized carbons (Fsp3) is 0.500. The van der Waals surface area contributed by atoms with E-state index < -0.39 is 0 Å². The van der Waals surface area contributed by atoms with E-state index >= 15 is 0 Å². The third-order valence-corrected chi connectivity index (χ3v) is 3.27. The Morgan fingerprint density at radius 1 is 1.42 bits per heavy atom. The van der Waals surface area contributed by atoms with Crippen LogP contribution in [-0.2, 0) is 0 Å². The van der Waals surface area contributed by atoms with Crippen molar-refractivity contribution < 1.29 is 9.18 Å². The molecule has 0 heterocycles. The molecule has 0 radical (unpaired) electrons. The summed E-state index contributed by atoms with van der Waals surface area (Å²) in [5.74, 6) is -0.333. The predicted octanol–water partition coefficient (Wildman–Crippen LogP) is 2.95. The van der Waals surface area contributed by atoms with Gasteiger partial charge in [-0.15, -0.1) is 0 Å². The van der Waals surface area contributed by atoms with Crippen LogP contribution in [0, 0.1) is 5.82 Å². The average molecular weight is 265 g/mol. The second kappa shape index (κ2) is 5.47. The minimum Gasteiger partial charge on any atom is -0.370 e. The van der Waals surface area contributed by atoms with E-state index in [0.717, 1.165) is 12.8 Å². The van der Waals surface area contributed by atoms with Gasteiger partial charge >= 0.3 is 6.03 Å². The van der Waals surface area contributed by atoms with Gasteiger partial charge in [0.2, 0.25) is 0 Å². The number of nitrogens with zero attached hydrogens (tertiary/aromatic N) is 1. The van der Waals surface area contributed by atoms with Crippen LogP contribution in [-0.4, -0.2) is 25.2 Å². The molecule has 0 saturated heterocycles. The molecular weight excluding hydrogens is 245 g/mol. The second-order valence-corrected chi connectivity index (χ2v) is 5.24. The van der Waals surface area contributed by atoms with Gasteiger partial charge in [0.15, 0.2) is 0 Å². The lowest BCUT2D eigenvalue weighted by atomic mass is 10.2. The summed E-state index contributed by atoms with van der Waals surface area (Å²) in [6.07, 6.45) is 2.06. The van der Waals surface area contributed by atoms with E-state index in [0.29, 0.717) is 11.4 Å². The summed E-state index contributed by atoms with van der Waals surface area (Å²) in [7, 11) is 1.84. The summed E-state index contributed by atoms with van der Waals surface area (Å²) in [4.78, 5) is 13.4. The zero-order valence-corrected chi connectivity index (χ0v) is 11.5. The zero-order valence-electron chi connectivity index (χ0n) is 11.5. The molecule has 0 aromatic heterocycles. The van der Waals surface area contributed by atoms with Crippen molar-refractivity contribution >= 4 is 17.4 Å². The molecule has 1 saturated carbocycles. The van der Waals surface area contributed by atoms with Gasteiger partial charge in [-0.1, -0.05) is 0 Å². The number of benzene rings is 1. The molecule has 0 aliphatic heterocycles. The standard InChI is InChI=1S/C14H20FN3O/c1-9(2)18(3)13-7-6-11(8-12(13)15)17-14(19)16-10-4-5-10/h6-10H,4-5H2,1-3H3,(H2,16,17,19). The largest absolute Gasteiger partial charge is 0.370 e. The number of halogens is 1. The molecule has 4 nitrogen and oxygen atoms in total. The van der Waals surface area contributed by atoms with Crippen LogP contribution in [0.25, 0.3) is 0 Å². The number of amides is 2. The van der Waals surface area contributed by atoms with Crippen molar-refractivity contribution in [2.24, 2.45) is 0 Å².